The van der Waals surface area contributed by atoms with Gasteiger partial charge in [0, 0.05) is 15.1 Å². The maximum Gasteiger partial charge on any atom is 0.125 e. The van der Waals surface area contributed by atoms with Crippen LogP contribution in [0.4, 0.5) is 0 Å². The summed E-state index contributed by atoms with van der Waals surface area (Å²) >= 11 is 9.51. The Bertz CT molecular complexity index is 641. The third-order valence-corrected chi connectivity index (χ3v) is 4.58. The van der Waals surface area contributed by atoms with E-state index < -0.39 is 6.10 Å². The summed E-state index contributed by atoms with van der Waals surface area (Å²) < 4.78 is 6.31. The highest BCUT2D eigenvalue weighted by Gasteiger charge is 2.17. The van der Waals surface area contributed by atoms with Gasteiger partial charge in [-0.05, 0) is 48.7 Å². The molecule has 0 aliphatic heterocycles. The highest BCUT2D eigenvalue weighted by Crippen LogP contribution is 2.35. The van der Waals surface area contributed by atoms with E-state index in [0.29, 0.717) is 10.8 Å². The summed E-state index contributed by atoms with van der Waals surface area (Å²) in [6, 6.07) is 9.31. The quantitative estimate of drug-likeness (QED) is 0.856. The molecule has 1 N–H and O–H groups in total. The fourth-order valence-electron chi connectivity index (χ4n) is 2.08. The number of ether oxygens (including phenoxy) is 1. The molecule has 1 atom stereocenters. The number of rotatable bonds is 3. The average molecular weight is 356 g/mol. The third-order valence-electron chi connectivity index (χ3n) is 3.30. The molecule has 2 aromatic carbocycles. The van der Waals surface area contributed by atoms with Crippen LogP contribution in [-0.4, -0.2) is 12.2 Å². The zero-order chi connectivity index (χ0) is 14.9. The Morgan fingerprint density at radius 3 is 2.45 bits per heavy atom. The van der Waals surface area contributed by atoms with Crippen molar-refractivity contribution in [3.8, 4) is 5.75 Å². The number of aliphatic hydroxyl groups is 1. The molecule has 0 aromatic heterocycles. The van der Waals surface area contributed by atoms with Crippen LogP contribution < -0.4 is 4.74 Å². The molecular weight excluding hydrogens is 340 g/mol. The number of aryl methyl sites for hydroxylation is 2. The van der Waals surface area contributed by atoms with Gasteiger partial charge in [0.1, 0.15) is 11.9 Å². The van der Waals surface area contributed by atoms with E-state index in [-0.39, 0.29) is 0 Å². The van der Waals surface area contributed by atoms with Crippen molar-refractivity contribution in [2.75, 3.05) is 7.11 Å². The van der Waals surface area contributed by atoms with Gasteiger partial charge in [-0.15, -0.1) is 0 Å². The molecule has 106 valence electrons. The summed E-state index contributed by atoms with van der Waals surface area (Å²) in [5.74, 6) is 0.672. The van der Waals surface area contributed by atoms with E-state index in [4.69, 9.17) is 16.3 Å². The lowest BCUT2D eigenvalue weighted by atomic mass is 9.98. The van der Waals surface area contributed by atoms with Gasteiger partial charge in [0.05, 0.1) is 7.11 Å². The second-order valence-corrected chi connectivity index (χ2v) is 6.02. The fourth-order valence-corrected chi connectivity index (χ4v) is 2.56. The summed E-state index contributed by atoms with van der Waals surface area (Å²) in [5, 5.41) is 11.3. The molecule has 0 amide bonds. The van der Waals surface area contributed by atoms with Crippen molar-refractivity contribution in [3.05, 3.63) is 62.1 Å². The van der Waals surface area contributed by atoms with Gasteiger partial charge in [-0.3, -0.25) is 0 Å². The second kappa shape index (κ2) is 6.17. The van der Waals surface area contributed by atoms with Gasteiger partial charge in [-0.2, -0.15) is 0 Å². The molecule has 4 heteroatoms. The van der Waals surface area contributed by atoms with Gasteiger partial charge in [0.2, 0.25) is 0 Å². The van der Waals surface area contributed by atoms with E-state index in [9.17, 15) is 5.11 Å². The normalized spacial score (nSPS) is 12.3. The maximum absolute atomic E-state index is 10.6. The van der Waals surface area contributed by atoms with Crippen LogP contribution in [0, 0.1) is 13.8 Å². The SMILES string of the molecule is COc1cc(C)c(Br)cc1C(O)c1ccc(Cl)c(C)c1. The van der Waals surface area contributed by atoms with Crippen LogP contribution in [0.1, 0.15) is 28.4 Å². The molecule has 0 aliphatic rings. The lowest BCUT2D eigenvalue weighted by Crippen LogP contribution is -2.03. The lowest BCUT2D eigenvalue weighted by molar-refractivity contribution is 0.214. The van der Waals surface area contributed by atoms with Crippen molar-refractivity contribution in [2.24, 2.45) is 0 Å². The largest absolute Gasteiger partial charge is 0.496 e. The number of methoxy groups -OCH3 is 1. The van der Waals surface area contributed by atoms with E-state index >= 15 is 0 Å². The summed E-state index contributed by atoms with van der Waals surface area (Å²) in [7, 11) is 1.60. The van der Waals surface area contributed by atoms with Gasteiger partial charge in [0.25, 0.3) is 0 Å². The molecule has 0 spiro atoms. The summed E-state index contributed by atoms with van der Waals surface area (Å²) in [5.41, 5.74) is 3.52. The Kier molecular flexibility index (Phi) is 4.74. The van der Waals surface area contributed by atoms with Crippen LogP contribution in [0.25, 0.3) is 0 Å². The molecule has 0 heterocycles. The first-order valence-corrected chi connectivity index (χ1v) is 7.39. The highest BCUT2D eigenvalue weighted by atomic mass is 79.9. The van der Waals surface area contributed by atoms with Gasteiger partial charge >= 0.3 is 0 Å². The number of benzene rings is 2. The summed E-state index contributed by atoms with van der Waals surface area (Å²) in [6.07, 6.45) is -0.752. The number of hydrogen-bond acceptors (Lipinski definition) is 2. The van der Waals surface area contributed by atoms with Crippen molar-refractivity contribution in [3.63, 3.8) is 0 Å². The topological polar surface area (TPSA) is 29.5 Å². The second-order valence-electron chi connectivity index (χ2n) is 4.75. The Morgan fingerprint density at radius 1 is 1.15 bits per heavy atom. The minimum absolute atomic E-state index is 0.672. The van der Waals surface area contributed by atoms with Crippen LogP contribution in [-0.2, 0) is 0 Å². The summed E-state index contributed by atoms with van der Waals surface area (Å²) in [4.78, 5) is 0. The summed E-state index contributed by atoms with van der Waals surface area (Å²) in [6.45, 7) is 3.90. The molecular formula is C16H16BrClO2. The molecule has 0 saturated carbocycles. The molecule has 2 aromatic rings. The van der Waals surface area contributed by atoms with Gasteiger partial charge in [-0.1, -0.05) is 39.7 Å². The Balaban J connectivity index is 2.49. The minimum Gasteiger partial charge on any atom is -0.496 e. The van der Waals surface area contributed by atoms with Crippen LogP contribution in [0.5, 0.6) is 5.75 Å². The zero-order valence-corrected chi connectivity index (χ0v) is 13.9. The first kappa shape index (κ1) is 15.4. The van der Waals surface area contributed by atoms with Gasteiger partial charge in [-0.25, -0.2) is 0 Å². The molecule has 20 heavy (non-hydrogen) atoms. The van der Waals surface area contributed by atoms with Gasteiger partial charge < -0.3 is 9.84 Å². The van der Waals surface area contributed by atoms with E-state index in [1.165, 1.54) is 0 Å². The predicted molar refractivity (Wildman–Crippen MR) is 85.7 cm³/mol. The van der Waals surface area contributed by atoms with E-state index in [1.807, 2.05) is 38.1 Å². The van der Waals surface area contributed by atoms with Crippen molar-refractivity contribution in [2.45, 2.75) is 20.0 Å². The first-order chi connectivity index (χ1) is 9.43. The smallest absolute Gasteiger partial charge is 0.125 e. The number of hydrogen-bond donors (Lipinski definition) is 1. The van der Waals surface area contributed by atoms with Crippen molar-refractivity contribution < 1.29 is 9.84 Å². The highest BCUT2D eigenvalue weighted by molar-refractivity contribution is 9.10. The number of aliphatic hydroxyl groups excluding tert-OH is 1. The van der Waals surface area contributed by atoms with Crippen molar-refractivity contribution >= 4 is 27.5 Å². The van der Waals surface area contributed by atoms with Crippen molar-refractivity contribution in [1.29, 1.82) is 0 Å². The molecule has 0 saturated heterocycles. The van der Waals surface area contributed by atoms with E-state index in [2.05, 4.69) is 15.9 Å². The van der Waals surface area contributed by atoms with E-state index in [1.54, 1.807) is 13.2 Å². The molecule has 0 fully saturated rings. The minimum atomic E-state index is -0.752. The monoisotopic (exact) mass is 354 g/mol. The van der Waals surface area contributed by atoms with Crippen LogP contribution >= 0.6 is 27.5 Å². The Labute approximate surface area is 132 Å². The molecule has 0 bridgehead atoms. The Morgan fingerprint density at radius 2 is 1.85 bits per heavy atom. The molecule has 1 unspecified atom stereocenters. The zero-order valence-electron chi connectivity index (χ0n) is 11.6. The third kappa shape index (κ3) is 3.00. The molecule has 2 rings (SSSR count). The first-order valence-electron chi connectivity index (χ1n) is 6.22. The maximum atomic E-state index is 10.6. The predicted octanol–water partition coefficient (Wildman–Crippen LogP) is 4.81. The fraction of sp³-hybridized carbons (Fsp3) is 0.250. The van der Waals surface area contributed by atoms with Crippen molar-refractivity contribution in [1.82, 2.24) is 0 Å². The molecule has 2 nitrogen and oxygen atoms in total. The Hall–Kier alpha value is -1.03. The van der Waals surface area contributed by atoms with Crippen LogP contribution in [0.2, 0.25) is 5.02 Å². The van der Waals surface area contributed by atoms with E-state index in [0.717, 1.165) is 26.7 Å². The van der Waals surface area contributed by atoms with Gasteiger partial charge in [0.15, 0.2) is 0 Å². The number of halogens is 2. The molecule has 0 radical (unpaired) electrons. The van der Waals surface area contributed by atoms with Crippen LogP contribution in [0.3, 0.4) is 0 Å². The standard InChI is InChI=1S/C16H16BrClO2/c1-9-7-15(20-3)12(8-13(9)17)16(19)11-4-5-14(18)10(2)6-11/h4-8,16,19H,1-3H3. The lowest BCUT2D eigenvalue weighted by Gasteiger charge is -2.17. The molecule has 0 aliphatic carbocycles. The average Bonchev–Trinajstić information content (AvgIpc) is 2.43. The van der Waals surface area contributed by atoms with Crippen LogP contribution in [0.15, 0.2) is 34.8 Å².